The maximum absolute atomic E-state index is 13.1. The average molecular weight is 425 g/mol. The Morgan fingerprint density at radius 1 is 1.09 bits per heavy atom. The van der Waals surface area contributed by atoms with Crippen molar-refractivity contribution in [2.24, 2.45) is 7.05 Å². The molecule has 0 fully saturated rings. The van der Waals surface area contributed by atoms with E-state index in [1.807, 2.05) is 31.2 Å². The molecular weight excluding hydrogens is 406 g/mol. The Morgan fingerprint density at radius 3 is 2.69 bits per heavy atom. The Balaban J connectivity index is 1.58. The third-order valence-electron chi connectivity index (χ3n) is 5.14. The largest absolute Gasteiger partial charge is 0.318 e. The van der Waals surface area contributed by atoms with Gasteiger partial charge in [0.2, 0.25) is 5.56 Å². The highest BCUT2D eigenvalue weighted by atomic mass is 16.2. The Morgan fingerprint density at radius 2 is 1.91 bits per heavy atom. The van der Waals surface area contributed by atoms with Gasteiger partial charge < -0.3 is 9.88 Å². The highest BCUT2D eigenvalue weighted by molar-refractivity contribution is 6.08. The summed E-state index contributed by atoms with van der Waals surface area (Å²) < 4.78 is 4.70. The molecule has 5 rings (SSSR count). The van der Waals surface area contributed by atoms with Crippen molar-refractivity contribution < 1.29 is 4.79 Å². The van der Waals surface area contributed by atoms with Gasteiger partial charge in [0.15, 0.2) is 5.65 Å². The van der Waals surface area contributed by atoms with Gasteiger partial charge in [-0.1, -0.05) is 17.7 Å². The number of aromatic nitrogens is 6. The van der Waals surface area contributed by atoms with Gasteiger partial charge in [-0.05, 0) is 31.2 Å². The van der Waals surface area contributed by atoms with Gasteiger partial charge in [0, 0.05) is 43.3 Å². The van der Waals surface area contributed by atoms with Crippen molar-refractivity contribution in [1.82, 2.24) is 28.9 Å². The third-order valence-corrected chi connectivity index (χ3v) is 5.14. The van der Waals surface area contributed by atoms with Crippen LogP contribution in [0.4, 0.5) is 5.82 Å². The van der Waals surface area contributed by atoms with Crippen LogP contribution in [-0.2, 0) is 7.05 Å². The fourth-order valence-corrected chi connectivity index (χ4v) is 3.41. The zero-order chi connectivity index (χ0) is 22.2. The smallest absolute Gasteiger partial charge is 0.262 e. The molecule has 0 saturated heterocycles. The Hall–Kier alpha value is -4.53. The van der Waals surface area contributed by atoms with E-state index < -0.39 is 0 Å². The van der Waals surface area contributed by atoms with Crippen LogP contribution in [0.1, 0.15) is 15.9 Å². The molecule has 0 spiro atoms. The number of carbonyl (C=O) groups is 1. The average Bonchev–Trinajstić information content (AvgIpc) is 3.41. The SMILES string of the molecule is Cc1ccc(-n2nc(-c3ccc(=O)n(C)c3)cc2NC(=O)c2cnn3cccnc23)cc1. The van der Waals surface area contributed by atoms with Crippen LogP contribution in [0, 0.1) is 6.92 Å². The fourth-order valence-electron chi connectivity index (χ4n) is 3.41. The minimum atomic E-state index is -0.348. The number of hydrogen-bond donors (Lipinski definition) is 1. The number of carbonyl (C=O) groups excluding carboxylic acids is 1. The van der Waals surface area contributed by atoms with Crippen LogP contribution >= 0.6 is 0 Å². The maximum Gasteiger partial charge on any atom is 0.262 e. The molecule has 5 aromatic rings. The van der Waals surface area contributed by atoms with Crippen LogP contribution in [0.25, 0.3) is 22.6 Å². The van der Waals surface area contributed by atoms with E-state index in [1.54, 1.807) is 53.0 Å². The fraction of sp³-hybridized carbons (Fsp3) is 0.0870. The first-order valence-corrected chi connectivity index (χ1v) is 9.93. The van der Waals surface area contributed by atoms with Crippen molar-refractivity contribution in [3.63, 3.8) is 0 Å². The van der Waals surface area contributed by atoms with E-state index in [-0.39, 0.29) is 11.5 Å². The molecule has 1 amide bonds. The molecule has 4 aromatic heterocycles. The van der Waals surface area contributed by atoms with Crippen LogP contribution in [0.5, 0.6) is 0 Å². The Kier molecular flexibility index (Phi) is 4.63. The van der Waals surface area contributed by atoms with Crippen LogP contribution in [0.3, 0.4) is 0 Å². The van der Waals surface area contributed by atoms with E-state index in [0.717, 1.165) is 16.8 Å². The minimum absolute atomic E-state index is 0.110. The number of nitrogens with one attached hydrogen (secondary N) is 1. The van der Waals surface area contributed by atoms with Crippen molar-refractivity contribution in [3.8, 4) is 16.9 Å². The summed E-state index contributed by atoms with van der Waals surface area (Å²) >= 11 is 0. The molecule has 32 heavy (non-hydrogen) atoms. The number of nitrogens with zero attached hydrogens (tertiary/aromatic N) is 6. The normalized spacial score (nSPS) is 11.1. The third kappa shape index (κ3) is 3.45. The lowest BCUT2D eigenvalue weighted by atomic mass is 10.2. The summed E-state index contributed by atoms with van der Waals surface area (Å²) in [6.45, 7) is 2.00. The standard InChI is InChI=1S/C23H19N7O2/c1-15-4-7-17(8-5-15)30-20(12-19(27-30)16-6-9-21(31)28(2)14-16)26-23(32)18-13-25-29-11-3-10-24-22(18)29/h3-14H,1-2H3,(H,26,32). The molecule has 1 aromatic carbocycles. The van der Waals surface area contributed by atoms with Gasteiger partial charge in [-0.3, -0.25) is 9.59 Å². The van der Waals surface area contributed by atoms with Gasteiger partial charge in [0.25, 0.3) is 5.91 Å². The predicted molar refractivity (Wildman–Crippen MR) is 120 cm³/mol. The highest BCUT2D eigenvalue weighted by Crippen LogP contribution is 2.25. The van der Waals surface area contributed by atoms with Crippen LogP contribution in [-0.4, -0.2) is 34.9 Å². The molecule has 0 radical (unpaired) electrons. The molecular formula is C23H19N7O2. The molecule has 9 nitrogen and oxygen atoms in total. The van der Waals surface area contributed by atoms with E-state index in [2.05, 4.69) is 15.4 Å². The first-order valence-electron chi connectivity index (χ1n) is 9.93. The van der Waals surface area contributed by atoms with Crippen molar-refractivity contribution >= 4 is 17.4 Å². The van der Waals surface area contributed by atoms with Gasteiger partial charge in [-0.25, -0.2) is 14.2 Å². The number of anilines is 1. The van der Waals surface area contributed by atoms with E-state index in [1.165, 1.54) is 16.8 Å². The van der Waals surface area contributed by atoms with Crippen molar-refractivity contribution in [3.05, 3.63) is 94.8 Å². The van der Waals surface area contributed by atoms with Crippen molar-refractivity contribution in [1.29, 1.82) is 0 Å². The lowest BCUT2D eigenvalue weighted by Gasteiger charge is -2.08. The zero-order valence-corrected chi connectivity index (χ0v) is 17.4. The van der Waals surface area contributed by atoms with Crippen LogP contribution in [0.15, 0.2) is 78.1 Å². The molecule has 0 unspecified atom stereocenters. The predicted octanol–water partition coefficient (Wildman–Crippen LogP) is 2.84. The molecule has 158 valence electrons. The molecule has 0 aliphatic heterocycles. The molecule has 0 saturated carbocycles. The number of benzene rings is 1. The van der Waals surface area contributed by atoms with Gasteiger partial charge >= 0.3 is 0 Å². The first-order chi connectivity index (χ1) is 15.5. The number of aryl methyl sites for hydroxylation is 2. The highest BCUT2D eigenvalue weighted by Gasteiger charge is 2.18. The molecule has 1 N–H and O–H groups in total. The van der Waals surface area contributed by atoms with Crippen LogP contribution < -0.4 is 10.9 Å². The molecule has 4 heterocycles. The topological polar surface area (TPSA) is 99.1 Å². The number of pyridine rings is 1. The van der Waals surface area contributed by atoms with Crippen LogP contribution in [0.2, 0.25) is 0 Å². The monoisotopic (exact) mass is 425 g/mol. The quantitative estimate of drug-likeness (QED) is 0.477. The second-order valence-electron chi connectivity index (χ2n) is 7.43. The van der Waals surface area contributed by atoms with Gasteiger partial charge in [0.1, 0.15) is 11.4 Å². The summed E-state index contributed by atoms with van der Waals surface area (Å²) in [5.41, 5.74) is 3.99. The van der Waals surface area contributed by atoms with Gasteiger partial charge in [-0.15, -0.1) is 0 Å². The summed E-state index contributed by atoms with van der Waals surface area (Å²) in [5.74, 6) is 0.136. The Bertz CT molecular complexity index is 1510. The number of rotatable bonds is 4. The first kappa shape index (κ1) is 19.4. The minimum Gasteiger partial charge on any atom is -0.318 e. The molecule has 0 aliphatic carbocycles. The van der Waals surface area contributed by atoms with Gasteiger partial charge in [-0.2, -0.15) is 10.2 Å². The Labute approximate surface area is 182 Å². The lowest BCUT2D eigenvalue weighted by molar-refractivity contribution is 0.102. The summed E-state index contributed by atoms with van der Waals surface area (Å²) in [4.78, 5) is 29.1. The number of hydrogen-bond acceptors (Lipinski definition) is 5. The van der Waals surface area contributed by atoms with E-state index in [4.69, 9.17) is 5.10 Å². The molecule has 9 heteroatoms. The summed E-state index contributed by atoms with van der Waals surface area (Å²) in [6.07, 6.45) is 6.54. The second kappa shape index (κ2) is 7.62. The molecule has 0 bridgehead atoms. The van der Waals surface area contributed by atoms with Crippen molar-refractivity contribution in [2.45, 2.75) is 6.92 Å². The number of fused-ring (bicyclic) bond motifs is 1. The molecule has 0 atom stereocenters. The summed E-state index contributed by atoms with van der Waals surface area (Å²) in [7, 11) is 1.68. The molecule has 0 aliphatic rings. The van der Waals surface area contributed by atoms with E-state index in [9.17, 15) is 9.59 Å². The zero-order valence-electron chi connectivity index (χ0n) is 17.4. The van der Waals surface area contributed by atoms with E-state index >= 15 is 0 Å². The summed E-state index contributed by atoms with van der Waals surface area (Å²) in [5, 5.41) is 11.8. The maximum atomic E-state index is 13.1. The summed E-state index contributed by atoms with van der Waals surface area (Å²) in [6, 6.07) is 14.5. The lowest BCUT2D eigenvalue weighted by Crippen LogP contribution is -2.15. The van der Waals surface area contributed by atoms with Crippen molar-refractivity contribution in [2.75, 3.05) is 5.32 Å². The van der Waals surface area contributed by atoms with Gasteiger partial charge in [0.05, 0.1) is 17.6 Å². The second-order valence-corrected chi connectivity index (χ2v) is 7.43. The number of amides is 1. The van der Waals surface area contributed by atoms with E-state index in [0.29, 0.717) is 22.7 Å².